The Kier molecular flexibility index (Phi) is 2.68. The van der Waals surface area contributed by atoms with Crippen LogP contribution in [0, 0.1) is 0 Å². The normalized spacial score (nSPS) is 10.0. The van der Waals surface area contributed by atoms with E-state index in [4.69, 9.17) is 17.3 Å². The van der Waals surface area contributed by atoms with Gasteiger partial charge in [-0.1, -0.05) is 18.2 Å². The zero-order chi connectivity index (χ0) is 8.27. The van der Waals surface area contributed by atoms with Crippen LogP contribution in [0.4, 0.5) is 0 Å². The minimum absolute atomic E-state index is 0.509. The first kappa shape index (κ1) is 8.30. The number of hydrogen-bond acceptors (Lipinski definition) is 2. The van der Waals surface area contributed by atoms with E-state index in [-0.39, 0.29) is 0 Å². The third-order valence-corrected chi connectivity index (χ3v) is 1.38. The molecule has 0 aliphatic rings. The lowest BCUT2D eigenvalue weighted by atomic mass is 10.4. The van der Waals surface area contributed by atoms with Crippen molar-refractivity contribution in [3.63, 3.8) is 0 Å². The van der Waals surface area contributed by atoms with E-state index in [1.165, 1.54) is 0 Å². The Morgan fingerprint density at radius 1 is 1.82 bits per heavy atom. The van der Waals surface area contributed by atoms with Gasteiger partial charge in [0.05, 0.1) is 12.7 Å². The zero-order valence-electron chi connectivity index (χ0n) is 6.13. The van der Waals surface area contributed by atoms with Crippen LogP contribution in [0.1, 0.15) is 5.56 Å². The molecule has 0 amide bonds. The van der Waals surface area contributed by atoms with Crippen LogP contribution in [-0.2, 0) is 13.1 Å². The Labute approximate surface area is 70.5 Å². The van der Waals surface area contributed by atoms with Gasteiger partial charge in [-0.2, -0.15) is 5.10 Å². The van der Waals surface area contributed by atoms with Gasteiger partial charge in [-0.05, 0) is 0 Å². The standard InChI is InChI=1S/C7H10ClN3/c1-6(8)4-11-5-7(2-9)3-10-11/h3,5H,1-2,4,9H2. The van der Waals surface area contributed by atoms with E-state index in [1.54, 1.807) is 10.9 Å². The van der Waals surface area contributed by atoms with Gasteiger partial charge in [-0.3, -0.25) is 4.68 Å². The van der Waals surface area contributed by atoms with Gasteiger partial charge in [-0.25, -0.2) is 0 Å². The van der Waals surface area contributed by atoms with Crippen molar-refractivity contribution in [2.75, 3.05) is 0 Å². The second-order valence-electron chi connectivity index (χ2n) is 2.27. The van der Waals surface area contributed by atoms with Crippen molar-refractivity contribution in [3.8, 4) is 0 Å². The number of nitrogens with zero attached hydrogens (tertiary/aromatic N) is 2. The molecule has 60 valence electrons. The Hall–Kier alpha value is -0.800. The highest BCUT2D eigenvalue weighted by molar-refractivity contribution is 6.29. The SMILES string of the molecule is C=C(Cl)Cn1cc(CN)cn1. The van der Waals surface area contributed by atoms with Gasteiger partial charge >= 0.3 is 0 Å². The summed E-state index contributed by atoms with van der Waals surface area (Å²) in [6.45, 7) is 4.61. The Balaban J connectivity index is 2.65. The van der Waals surface area contributed by atoms with E-state index in [1.807, 2.05) is 6.20 Å². The summed E-state index contributed by atoms with van der Waals surface area (Å²) in [5, 5.41) is 4.58. The lowest BCUT2D eigenvalue weighted by Crippen LogP contribution is -1.98. The molecule has 0 radical (unpaired) electrons. The van der Waals surface area contributed by atoms with Gasteiger partial charge in [0.15, 0.2) is 0 Å². The van der Waals surface area contributed by atoms with Crippen molar-refractivity contribution in [2.24, 2.45) is 5.73 Å². The van der Waals surface area contributed by atoms with Crippen LogP contribution in [0.3, 0.4) is 0 Å². The molecule has 0 unspecified atom stereocenters. The summed E-state index contributed by atoms with van der Waals surface area (Å²) in [7, 11) is 0. The minimum Gasteiger partial charge on any atom is -0.326 e. The van der Waals surface area contributed by atoms with E-state index in [0.29, 0.717) is 18.1 Å². The second-order valence-corrected chi connectivity index (χ2v) is 2.80. The highest BCUT2D eigenvalue weighted by Crippen LogP contribution is 2.02. The molecule has 0 spiro atoms. The predicted molar refractivity (Wildman–Crippen MR) is 45.1 cm³/mol. The number of nitrogens with two attached hydrogens (primary N) is 1. The van der Waals surface area contributed by atoms with Crippen LogP contribution in [0.25, 0.3) is 0 Å². The summed E-state index contributed by atoms with van der Waals surface area (Å²) < 4.78 is 1.71. The van der Waals surface area contributed by atoms with Gasteiger partial charge in [0.2, 0.25) is 0 Å². The van der Waals surface area contributed by atoms with Crippen LogP contribution in [0.5, 0.6) is 0 Å². The number of aromatic nitrogens is 2. The highest BCUT2D eigenvalue weighted by atomic mass is 35.5. The number of halogens is 1. The van der Waals surface area contributed by atoms with E-state index in [9.17, 15) is 0 Å². The minimum atomic E-state index is 0.509. The van der Waals surface area contributed by atoms with E-state index >= 15 is 0 Å². The maximum absolute atomic E-state index is 5.58. The third kappa shape index (κ3) is 2.37. The molecule has 0 saturated heterocycles. The predicted octanol–water partition coefficient (Wildman–Crippen LogP) is 1.09. The molecule has 0 aliphatic carbocycles. The monoisotopic (exact) mass is 171 g/mol. The van der Waals surface area contributed by atoms with E-state index in [0.717, 1.165) is 5.56 Å². The van der Waals surface area contributed by atoms with Crippen molar-refractivity contribution in [3.05, 3.63) is 29.6 Å². The van der Waals surface area contributed by atoms with Crippen LogP contribution >= 0.6 is 11.6 Å². The highest BCUT2D eigenvalue weighted by Gasteiger charge is 1.95. The van der Waals surface area contributed by atoms with Crippen molar-refractivity contribution < 1.29 is 0 Å². The van der Waals surface area contributed by atoms with Gasteiger partial charge in [0, 0.05) is 23.3 Å². The smallest absolute Gasteiger partial charge is 0.0760 e. The molecule has 0 aromatic carbocycles. The number of allylic oxidation sites excluding steroid dienone is 1. The molecular formula is C7H10ClN3. The largest absolute Gasteiger partial charge is 0.326 e. The molecule has 0 atom stereocenters. The van der Waals surface area contributed by atoms with Crippen LogP contribution in [-0.4, -0.2) is 9.78 Å². The molecule has 2 N–H and O–H groups in total. The molecular weight excluding hydrogens is 162 g/mol. The molecule has 1 aromatic rings. The quantitative estimate of drug-likeness (QED) is 0.740. The Morgan fingerprint density at radius 3 is 3.00 bits per heavy atom. The molecule has 0 fully saturated rings. The summed E-state index contributed by atoms with van der Waals surface area (Å²) >= 11 is 5.58. The fraction of sp³-hybridized carbons (Fsp3) is 0.286. The van der Waals surface area contributed by atoms with E-state index in [2.05, 4.69) is 11.7 Å². The first-order valence-electron chi connectivity index (χ1n) is 3.27. The molecule has 0 saturated carbocycles. The second kappa shape index (κ2) is 3.55. The Bertz CT molecular complexity index is 254. The Morgan fingerprint density at radius 2 is 2.55 bits per heavy atom. The lowest BCUT2D eigenvalue weighted by molar-refractivity contribution is 0.695. The van der Waals surface area contributed by atoms with Crippen molar-refractivity contribution in [1.29, 1.82) is 0 Å². The topological polar surface area (TPSA) is 43.8 Å². The summed E-state index contributed by atoms with van der Waals surface area (Å²) in [6, 6.07) is 0. The molecule has 4 heteroatoms. The first-order valence-corrected chi connectivity index (χ1v) is 3.65. The maximum atomic E-state index is 5.58. The van der Waals surface area contributed by atoms with Gasteiger partial charge in [0.1, 0.15) is 0 Å². The zero-order valence-corrected chi connectivity index (χ0v) is 6.88. The fourth-order valence-electron chi connectivity index (χ4n) is 0.774. The summed E-state index contributed by atoms with van der Waals surface area (Å²) in [4.78, 5) is 0. The van der Waals surface area contributed by atoms with Gasteiger partial charge < -0.3 is 5.73 Å². The van der Waals surface area contributed by atoms with E-state index < -0.39 is 0 Å². The van der Waals surface area contributed by atoms with Gasteiger partial charge in [-0.15, -0.1) is 0 Å². The van der Waals surface area contributed by atoms with Crippen LogP contribution in [0.2, 0.25) is 0 Å². The van der Waals surface area contributed by atoms with Gasteiger partial charge in [0.25, 0.3) is 0 Å². The molecule has 3 nitrogen and oxygen atoms in total. The molecule has 0 bridgehead atoms. The molecule has 1 heterocycles. The van der Waals surface area contributed by atoms with Crippen LogP contribution in [0.15, 0.2) is 24.0 Å². The molecule has 0 aliphatic heterocycles. The third-order valence-electron chi connectivity index (χ3n) is 1.26. The number of rotatable bonds is 3. The molecule has 1 rings (SSSR count). The van der Waals surface area contributed by atoms with Crippen molar-refractivity contribution >= 4 is 11.6 Å². The average Bonchev–Trinajstić information content (AvgIpc) is 2.34. The molecule has 1 aromatic heterocycles. The summed E-state index contributed by atoms with van der Waals surface area (Å²) in [5.74, 6) is 0. The average molecular weight is 172 g/mol. The first-order chi connectivity index (χ1) is 5.22. The van der Waals surface area contributed by atoms with Crippen molar-refractivity contribution in [1.82, 2.24) is 9.78 Å². The fourth-order valence-corrected chi connectivity index (χ4v) is 0.897. The number of hydrogen-bond donors (Lipinski definition) is 1. The molecule has 11 heavy (non-hydrogen) atoms. The lowest BCUT2D eigenvalue weighted by Gasteiger charge is -1.95. The summed E-state index contributed by atoms with van der Waals surface area (Å²) in [5.41, 5.74) is 6.39. The maximum Gasteiger partial charge on any atom is 0.0760 e. The van der Waals surface area contributed by atoms with Crippen LogP contribution < -0.4 is 5.73 Å². The van der Waals surface area contributed by atoms with Crippen molar-refractivity contribution in [2.45, 2.75) is 13.1 Å². The summed E-state index contributed by atoms with van der Waals surface area (Å²) in [6.07, 6.45) is 3.58.